The van der Waals surface area contributed by atoms with Gasteiger partial charge in [-0.15, -0.1) is 11.6 Å². The monoisotopic (exact) mass is 286 g/mol. The zero-order valence-corrected chi connectivity index (χ0v) is 13.6. The summed E-state index contributed by atoms with van der Waals surface area (Å²) in [6.45, 7) is 9.34. The number of nitrogens with zero attached hydrogens (tertiary/aromatic N) is 1. The minimum absolute atomic E-state index is 0.353. The van der Waals surface area contributed by atoms with E-state index in [-0.39, 0.29) is 0 Å². The van der Waals surface area contributed by atoms with Gasteiger partial charge in [-0.1, -0.05) is 13.8 Å². The Kier molecular flexibility index (Phi) is 5.56. The van der Waals surface area contributed by atoms with Crippen LogP contribution < -0.4 is 5.32 Å². The molecular formula is C16H31ClN2. The molecule has 1 heterocycles. The lowest BCUT2D eigenvalue weighted by Crippen LogP contribution is -2.58. The fraction of sp³-hybridized carbons (Fsp3) is 1.00. The van der Waals surface area contributed by atoms with Crippen LogP contribution in [0.5, 0.6) is 0 Å². The third kappa shape index (κ3) is 3.28. The lowest BCUT2D eigenvalue weighted by Gasteiger charge is -2.54. The van der Waals surface area contributed by atoms with Crippen LogP contribution in [0.1, 0.15) is 58.8 Å². The van der Waals surface area contributed by atoms with Crippen LogP contribution >= 0.6 is 11.6 Å². The van der Waals surface area contributed by atoms with Crippen LogP contribution in [-0.4, -0.2) is 42.5 Å². The zero-order valence-electron chi connectivity index (χ0n) is 12.8. The molecule has 112 valence electrons. The van der Waals surface area contributed by atoms with Gasteiger partial charge >= 0.3 is 0 Å². The largest absolute Gasteiger partial charge is 0.316 e. The highest BCUT2D eigenvalue weighted by molar-refractivity contribution is 6.18. The maximum absolute atomic E-state index is 6.30. The molecule has 0 radical (unpaired) electrons. The van der Waals surface area contributed by atoms with Gasteiger partial charge < -0.3 is 5.32 Å². The maximum atomic E-state index is 6.30. The average molecular weight is 287 g/mol. The summed E-state index contributed by atoms with van der Waals surface area (Å²) in [6.07, 6.45) is 9.36. The standard InChI is InChI=1S/C16H31ClN2/c1-3-10-18-14-15(13-17)8-11-19(12-9-15)16(4-2)6-5-7-16/h18H,3-14H2,1-2H3. The highest BCUT2D eigenvalue weighted by atomic mass is 35.5. The number of nitrogens with one attached hydrogen (secondary N) is 1. The third-order valence-corrected chi connectivity index (χ3v) is 6.21. The number of halogens is 1. The molecule has 0 bridgehead atoms. The number of hydrogen-bond acceptors (Lipinski definition) is 2. The molecule has 1 aliphatic heterocycles. The number of hydrogen-bond donors (Lipinski definition) is 1. The van der Waals surface area contributed by atoms with Crippen LogP contribution in [0.4, 0.5) is 0 Å². The van der Waals surface area contributed by atoms with E-state index < -0.39 is 0 Å². The highest BCUT2D eigenvalue weighted by Gasteiger charge is 2.44. The van der Waals surface area contributed by atoms with Crippen LogP contribution in [0.2, 0.25) is 0 Å². The Labute approximate surface area is 124 Å². The molecule has 0 amide bonds. The first-order valence-electron chi connectivity index (χ1n) is 8.22. The topological polar surface area (TPSA) is 15.3 Å². The van der Waals surface area contributed by atoms with Crippen LogP contribution in [0.25, 0.3) is 0 Å². The van der Waals surface area contributed by atoms with E-state index in [2.05, 4.69) is 24.1 Å². The number of likely N-dealkylation sites (tertiary alicyclic amines) is 1. The summed E-state index contributed by atoms with van der Waals surface area (Å²) in [6, 6.07) is 0. The second-order valence-corrected chi connectivity index (χ2v) is 7.00. The number of alkyl halides is 1. The molecule has 1 saturated carbocycles. The number of piperidine rings is 1. The molecule has 0 spiro atoms. The van der Waals surface area contributed by atoms with Crippen molar-refractivity contribution in [3.05, 3.63) is 0 Å². The van der Waals surface area contributed by atoms with Crippen LogP contribution in [0.3, 0.4) is 0 Å². The molecule has 3 heteroatoms. The molecule has 1 saturated heterocycles. The molecule has 19 heavy (non-hydrogen) atoms. The van der Waals surface area contributed by atoms with E-state index >= 15 is 0 Å². The summed E-state index contributed by atoms with van der Waals surface area (Å²) in [5, 5.41) is 3.59. The zero-order chi connectivity index (χ0) is 13.8. The Morgan fingerprint density at radius 2 is 1.79 bits per heavy atom. The van der Waals surface area contributed by atoms with Gasteiger partial charge in [-0.05, 0) is 70.0 Å². The van der Waals surface area contributed by atoms with E-state index in [1.165, 1.54) is 58.0 Å². The van der Waals surface area contributed by atoms with Crippen LogP contribution in [-0.2, 0) is 0 Å². The lowest BCUT2D eigenvalue weighted by molar-refractivity contribution is -0.0271. The van der Waals surface area contributed by atoms with Gasteiger partial charge in [0.15, 0.2) is 0 Å². The molecule has 0 aromatic heterocycles. The fourth-order valence-corrected chi connectivity index (χ4v) is 4.18. The fourth-order valence-electron chi connectivity index (χ4n) is 3.82. The van der Waals surface area contributed by atoms with Crippen molar-refractivity contribution < 1.29 is 0 Å². The van der Waals surface area contributed by atoms with Crippen molar-refractivity contribution in [1.29, 1.82) is 0 Å². The molecule has 0 aromatic carbocycles. The minimum Gasteiger partial charge on any atom is -0.316 e. The summed E-state index contributed by atoms with van der Waals surface area (Å²) in [4.78, 5) is 2.78. The van der Waals surface area contributed by atoms with Gasteiger partial charge in [0.25, 0.3) is 0 Å². The van der Waals surface area contributed by atoms with E-state index in [0.29, 0.717) is 11.0 Å². The Hall–Kier alpha value is 0.210. The first-order valence-corrected chi connectivity index (χ1v) is 8.75. The van der Waals surface area contributed by atoms with Crippen molar-refractivity contribution in [3.8, 4) is 0 Å². The molecule has 2 aliphatic rings. The second kappa shape index (κ2) is 6.78. The van der Waals surface area contributed by atoms with Gasteiger partial charge in [-0.2, -0.15) is 0 Å². The SMILES string of the molecule is CCCNCC1(CCl)CCN(C2(CC)CCC2)CC1. The Balaban J connectivity index is 1.85. The van der Waals surface area contributed by atoms with Gasteiger partial charge in [0, 0.05) is 18.0 Å². The molecule has 0 aromatic rings. The first kappa shape index (κ1) is 15.6. The summed E-state index contributed by atoms with van der Waals surface area (Å²) in [7, 11) is 0. The summed E-state index contributed by atoms with van der Waals surface area (Å²) < 4.78 is 0. The van der Waals surface area contributed by atoms with Crippen molar-refractivity contribution in [3.63, 3.8) is 0 Å². The van der Waals surface area contributed by atoms with E-state index in [0.717, 1.165) is 19.0 Å². The van der Waals surface area contributed by atoms with Gasteiger partial charge in [0.05, 0.1) is 0 Å². The van der Waals surface area contributed by atoms with Crippen molar-refractivity contribution in [2.24, 2.45) is 5.41 Å². The van der Waals surface area contributed by atoms with Gasteiger partial charge in [0.2, 0.25) is 0 Å². The molecule has 0 unspecified atom stereocenters. The van der Waals surface area contributed by atoms with Gasteiger partial charge in [-0.25, -0.2) is 0 Å². The molecule has 0 atom stereocenters. The molecule has 2 rings (SSSR count). The lowest BCUT2D eigenvalue weighted by atomic mass is 9.70. The molecule has 1 aliphatic carbocycles. The third-order valence-electron chi connectivity index (χ3n) is 5.65. The second-order valence-electron chi connectivity index (χ2n) is 6.73. The molecular weight excluding hydrogens is 256 g/mol. The molecule has 2 nitrogen and oxygen atoms in total. The number of rotatable bonds is 7. The smallest absolute Gasteiger partial charge is 0.0293 e. The van der Waals surface area contributed by atoms with E-state index in [4.69, 9.17) is 11.6 Å². The Morgan fingerprint density at radius 1 is 1.11 bits per heavy atom. The van der Waals surface area contributed by atoms with E-state index in [1.54, 1.807) is 0 Å². The van der Waals surface area contributed by atoms with E-state index in [9.17, 15) is 0 Å². The van der Waals surface area contributed by atoms with Crippen molar-refractivity contribution in [2.75, 3.05) is 32.1 Å². The average Bonchev–Trinajstić information content (AvgIpc) is 2.40. The predicted octanol–water partition coefficient (Wildman–Crippen LogP) is 3.64. The summed E-state index contributed by atoms with van der Waals surface area (Å²) in [5.74, 6) is 0.816. The van der Waals surface area contributed by atoms with Crippen molar-refractivity contribution in [2.45, 2.75) is 64.3 Å². The summed E-state index contributed by atoms with van der Waals surface area (Å²) in [5.41, 5.74) is 0.918. The first-order chi connectivity index (χ1) is 9.20. The Morgan fingerprint density at radius 3 is 2.21 bits per heavy atom. The summed E-state index contributed by atoms with van der Waals surface area (Å²) >= 11 is 6.30. The van der Waals surface area contributed by atoms with Crippen LogP contribution in [0, 0.1) is 5.41 Å². The quantitative estimate of drug-likeness (QED) is 0.568. The van der Waals surface area contributed by atoms with Crippen molar-refractivity contribution in [1.82, 2.24) is 10.2 Å². The maximum Gasteiger partial charge on any atom is 0.0293 e. The molecule has 1 N–H and O–H groups in total. The van der Waals surface area contributed by atoms with Crippen LogP contribution in [0.15, 0.2) is 0 Å². The van der Waals surface area contributed by atoms with Crippen molar-refractivity contribution >= 4 is 11.6 Å². The van der Waals surface area contributed by atoms with Gasteiger partial charge in [0.1, 0.15) is 0 Å². The Bertz CT molecular complexity index is 262. The van der Waals surface area contributed by atoms with Gasteiger partial charge in [-0.3, -0.25) is 4.90 Å². The molecule has 2 fully saturated rings. The minimum atomic E-state index is 0.353. The predicted molar refractivity (Wildman–Crippen MR) is 84.0 cm³/mol. The normalized spacial score (nSPS) is 26.1. The highest BCUT2D eigenvalue weighted by Crippen LogP contribution is 2.44. The van der Waals surface area contributed by atoms with E-state index in [1.807, 2.05) is 0 Å².